The van der Waals surface area contributed by atoms with Crippen LogP contribution in [-0.2, 0) is 65.4 Å². The summed E-state index contributed by atoms with van der Waals surface area (Å²) in [5.41, 5.74) is 0. The summed E-state index contributed by atoms with van der Waals surface area (Å²) in [5, 5.41) is 10.7. The molecule has 0 aromatic heterocycles. The molecular weight excluding hydrogens is 1380 g/mol. The zero-order valence-electron chi connectivity index (χ0n) is 67.1. The first-order valence-corrected chi connectivity index (χ1v) is 45.1. The molecule has 5 atom stereocenters. The highest BCUT2D eigenvalue weighted by atomic mass is 31.2. The first kappa shape index (κ1) is 102. The molecule has 0 aromatic rings. The van der Waals surface area contributed by atoms with E-state index in [0.717, 1.165) is 199 Å². The van der Waals surface area contributed by atoms with Gasteiger partial charge in [0.15, 0.2) is 12.2 Å². The van der Waals surface area contributed by atoms with Crippen LogP contribution in [0.15, 0.2) is 109 Å². The van der Waals surface area contributed by atoms with E-state index in [-0.39, 0.29) is 25.7 Å². The SMILES string of the molecule is CC/C=C\C/C=C\C/C=C\CCCCCCCCCC(=O)OCC(COP(=O)(O)OCC(O)COP(=O)(O)OCC(COC(=O)CCCCCCCC/C=C\C/C=C\C/C=C\CCCCC)OC(=O)CCCCCCC/C=C\C/C=C\C/C=C\CC)OC(=O)CCCCCCCCCCCCCCCCC. The molecule has 0 rings (SSSR count). The van der Waals surface area contributed by atoms with Gasteiger partial charge in [-0.15, -0.1) is 0 Å². The Morgan fingerprint density at radius 3 is 0.774 bits per heavy atom. The molecule has 17 nitrogen and oxygen atoms in total. The third-order valence-corrected chi connectivity index (χ3v) is 19.6. The van der Waals surface area contributed by atoms with Crippen LogP contribution in [0, 0.1) is 0 Å². The quantitative estimate of drug-likeness (QED) is 0.0169. The molecule has 0 spiro atoms. The first-order chi connectivity index (χ1) is 51.7. The number of unbranched alkanes of at least 4 members (excludes halogenated alkanes) is 35. The van der Waals surface area contributed by atoms with Crippen LogP contribution < -0.4 is 0 Å². The molecule has 0 aromatic carbocycles. The van der Waals surface area contributed by atoms with Gasteiger partial charge >= 0.3 is 39.5 Å². The molecule has 5 unspecified atom stereocenters. The Labute approximate surface area is 645 Å². The van der Waals surface area contributed by atoms with Gasteiger partial charge in [-0.05, 0) is 128 Å². The molecule has 0 amide bonds. The lowest BCUT2D eigenvalue weighted by Crippen LogP contribution is -2.30. The van der Waals surface area contributed by atoms with E-state index in [2.05, 4.69) is 137 Å². The Morgan fingerprint density at radius 1 is 0.274 bits per heavy atom. The maximum absolute atomic E-state index is 13.1. The monoisotopic (exact) mass is 1530 g/mol. The molecule has 0 saturated carbocycles. The number of ether oxygens (including phenoxy) is 4. The van der Waals surface area contributed by atoms with E-state index in [9.17, 15) is 43.2 Å². The Balaban J connectivity index is 5.37. The zero-order chi connectivity index (χ0) is 77.4. The van der Waals surface area contributed by atoms with Crippen LogP contribution in [0.4, 0.5) is 0 Å². The second kappa shape index (κ2) is 78.8. The first-order valence-electron chi connectivity index (χ1n) is 42.1. The number of phosphoric acid groups is 2. The third kappa shape index (κ3) is 77.9. The van der Waals surface area contributed by atoms with Crippen LogP contribution in [0.25, 0.3) is 0 Å². The maximum atomic E-state index is 13.1. The van der Waals surface area contributed by atoms with E-state index in [1.54, 1.807) is 0 Å². The molecule has 0 fully saturated rings. The topological polar surface area (TPSA) is 237 Å². The molecule has 612 valence electrons. The van der Waals surface area contributed by atoms with E-state index < -0.39 is 97.5 Å². The summed E-state index contributed by atoms with van der Waals surface area (Å²) >= 11 is 0. The van der Waals surface area contributed by atoms with Gasteiger partial charge in [0.05, 0.1) is 26.4 Å². The number of aliphatic hydroxyl groups excluding tert-OH is 1. The minimum Gasteiger partial charge on any atom is -0.462 e. The van der Waals surface area contributed by atoms with Crippen LogP contribution in [0.1, 0.15) is 362 Å². The Hall–Kier alpha value is -4.28. The Kier molecular flexibility index (Phi) is 75.6. The van der Waals surface area contributed by atoms with Gasteiger partial charge in [-0.3, -0.25) is 37.3 Å². The molecule has 106 heavy (non-hydrogen) atoms. The molecule has 3 N–H and O–H groups in total. The normalized spacial score (nSPS) is 14.4. The Morgan fingerprint density at radius 2 is 0.491 bits per heavy atom. The number of hydrogen-bond donors (Lipinski definition) is 3. The number of carbonyl (C=O) groups is 4. The highest BCUT2D eigenvalue weighted by Gasteiger charge is 2.30. The van der Waals surface area contributed by atoms with Gasteiger partial charge in [0, 0.05) is 25.7 Å². The van der Waals surface area contributed by atoms with Gasteiger partial charge < -0.3 is 33.8 Å². The van der Waals surface area contributed by atoms with Crippen LogP contribution >= 0.6 is 15.6 Å². The van der Waals surface area contributed by atoms with Gasteiger partial charge in [0.2, 0.25) is 0 Å². The van der Waals surface area contributed by atoms with E-state index in [0.29, 0.717) is 25.7 Å². The van der Waals surface area contributed by atoms with Crippen molar-refractivity contribution in [2.45, 2.75) is 380 Å². The number of hydrogen-bond acceptors (Lipinski definition) is 15. The second-order valence-corrected chi connectivity index (χ2v) is 30.9. The molecule has 0 aliphatic carbocycles. The number of rotatable bonds is 79. The molecule has 0 aliphatic rings. The summed E-state index contributed by atoms with van der Waals surface area (Å²) in [7, 11) is -9.97. The van der Waals surface area contributed by atoms with Crippen LogP contribution in [0.3, 0.4) is 0 Å². The molecule has 0 radical (unpaired) electrons. The van der Waals surface area contributed by atoms with Gasteiger partial charge in [-0.2, -0.15) is 0 Å². The fourth-order valence-corrected chi connectivity index (χ4v) is 13.0. The Bertz CT molecular complexity index is 2430. The highest BCUT2D eigenvalue weighted by Crippen LogP contribution is 2.45. The number of phosphoric ester groups is 2. The van der Waals surface area contributed by atoms with Gasteiger partial charge in [-0.1, -0.05) is 317 Å². The van der Waals surface area contributed by atoms with E-state index >= 15 is 0 Å². The second-order valence-electron chi connectivity index (χ2n) is 28.0. The summed E-state index contributed by atoms with van der Waals surface area (Å²) in [5.74, 6) is -2.20. The van der Waals surface area contributed by atoms with Crippen LogP contribution in [0.5, 0.6) is 0 Å². The largest absolute Gasteiger partial charge is 0.472 e. The summed E-state index contributed by atoms with van der Waals surface area (Å²) in [4.78, 5) is 73.2. The van der Waals surface area contributed by atoms with E-state index in [1.165, 1.54) is 83.5 Å². The van der Waals surface area contributed by atoms with Crippen molar-refractivity contribution in [3.63, 3.8) is 0 Å². The smallest absolute Gasteiger partial charge is 0.462 e. The lowest BCUT2D eigenvalue weighted by atomic mass is 10.0. The number of allylic oxidation sites excluding steroid dienone is 18. The average Bonchev–Trinajstić information content (AvgIpc) is 0.928. The fourth-order valence-electron chi connectivity index (χ4n) is 11.4. The number of carbonyl (C=O) groups excluding carboxylic acids is 4. The van der Waals surface area contributed by atoms with Gasteiger partial charge in [-0.25, -0.2) is 9.13 Å². The molecule has 0 aliphatic heterocycles. The van der Waals surface area contributed by atoms with Gasteiger partial charge in [0.1, 0.15) is 19.3 Å². The number of esters is 4. The van der Waals surface area contributed by atoms with Crippen LogP contribution in [0.2, 0.25) is 0 Å². The fraction of sp³-hybridized carbons (Fsp3) is 0.747. The maximum Gasteiger partial charge on any atom is 0.472 e. The van der Waals surface area contributed by atoms with Crippen molar-refractivity contribution in [1.29, 1.82) is 0 Å². The predicted molar refractivity (Wildman–Crippen MR) is 436 cm³/mol. The van der Waals surface area contributed by atoms with E-state index in [1.807, 2.05) is 0 Å². The van der Waals surface area contributed by atoms with Crippen molar-refractivity contribution in [3.05, 3.63) is 109 Å². The van der Waals surface area contributed by atoms with Crippen molar-refractivity contribution in [1.82, 2.24) is 0 Å². The summed E-state index contributed by atoms with van der Waals surface area (Å²) in [6, 6.07) is 0. The van der Waals surface area contributed by atoms with Crippen molar-refractivity contribution in [2.75, 3.05) is 39.6 Å². The minimum absolute atomic E-state index is 0.0720. The van der Waals surface area contributed by atoms with Crippen molar-refractivity contribution in [3.8, 4) is 0 Å². The molecule has 0 saturated heterocycles. The lowest BCUT2D eigenvalue weighted by molar-refractivity contribution is -0.161. The number of aliphatic hydroxyl groups is 1. The standard InChI is InChI=1S/C87H152O17P2/c1-5-9-13-17-21-25-29-33-37-39-40-42-46-48-52-56-60-64-68-72-85(90)98-78-83(104-87(92)74-70-66-62-58-54-50-44-36-32-28-24-20-16-12-8-4)80-102-106(95,96)100-76-81(88)75-99-105(93,94)101-79-82(103-86(91)73-69-65-61-57-53-49-43-35-31-27-23-19-15-11-7-3)77-97-84(89)71-67-63-59-55-51-47-45-41-38-34-30-26-22-18-14-10-6-2/h10,12,14,16,21-22,24-26,28,33-34,36-38,40,42,44,81-83,88H,5-9,11,13,15,17-20,23,27,29-32,35,39,41,43,45-80H2,1-4H3,(H,93,94)(H,95,96)/b14-10-,16-12-,25-21-,26-22-,28-24-,37-33-,38-34-,42-40-,44-36-. The van der Waals surface area contributed by atoms with Crippen molar-refractivity contribution < 1.29 is 80.2 Å². The van der Waals surface area contributed by atoms with Crippen molar-refractivity contribution >= 4 is 39.5 Å². The van der Waals surface area contributed by atoms with E-state index in [4.69, 9.17) is 37.0 Å². The third-order valence-electron chi connectivity index (χ3n) is 17.7. The van der Waals surface area contributed by atoms with Crippen molar-refractivity contribution in [2.24, 2.45) is 0 Å². The molecule has 0 bridgehead atoms. The van der Waals surface area contributed by atoms with Gasteiger partial charge in [0.25, 0.3) is 0 Å². The average molecular weight is 1530 g/mol. The lowest BCUT2D eigenvalue weighted by Gasteiger charge is -2.21. The molecular formula is C87H152O17P2. The molecule has 0 heterocycles. The minimum atomic E-state index is -4.99. The predicted octanol–water partition coefficient (Wildman–Crippen LogP) is 24.9. The summed E-state index contributed by atoms with van der Waals surface area (Å²) < 4.78 is 68.8. The molecule has 19 heteroatoms. The van der Waals surface area contributed by atoms with Crippen LogP contribution in [-0.4, -0.2) is 96.7 Å². The summed E-state index contributed by atoms with van der Waals surface area (Å²) in [6.07, 6.45) is 86.2. The summed E-state index contributed by atoms with van der Waals surface area (Å²) in [6.45, 7) is 4.65. The zero-order valence-corrected chi connectivity index (χ0v) is 68.9. The highest BCUT2D eigenvalue weighted by molar-refractivity contribution is 7.47.